The maximum absolute atomic E-state index is 12.3. The van der Waals surface area contributed by atoms with Crippen LogP contribution in [0, 0.1) is 5.92 Å². The minimum Gasteiger partial charge on any atom is -0.336 e. The monoisotopic (exact) mass is 326 g/mol. The van der Waals surface area contributed by atoms with Gasteiger partial charge in [-0.1, -0.05) is 0 Å². The lowest BCUT2D eigenvalue weighted by Crippen LogP contribution is -2.51. The second kappa shape index (κ2) is 5.66. The molecule has 1 saturated heterocycles. The summed E-state index contributed by atoms with van der Waals surface area (Å²) in [6.07, 6.45) is 4.53. The first-order valence-corrected chi connectivity index (χ1v) is 9.26. The van der Waals surface area contributed by atoms with Crippen LogP contribution in [0.15, 0.2) is 12.3 Å². The zero-order chi connectivity index (χ0) is 15.9. The van der Waals surface area contributed by atoms with Gasteiger partial charge in [0.25, 0.3) is 0 Å². The zero-order valence-electron chi connectivity index (χ0n) is 12.9. The molecule has 2 aliphatic rings. The van der Waals surface area contributed by atoms with Gasteiger partial charge in [0.1, 0.15) is 0 Å². The van der Waals surface area contributed by atoms with Crippen molar-refractivity contribution in [2.45, 2.75) is 37.8 Å². The van der Waals surface area contributed by atoms with E-state index in [9.17, 15) is 13.2 Å². The number of carbonyl (C=O) groups is 1. The number of likely N-dealkylation sites (tertiary alicyclic amines) is 1. The molecule has 0 spiro atoms. The van der Waals surface area contributed by atoms with E-state index in [0.717, 1.165) is 18.5 Å². The topological polar surface area (TPSA) is 84.3 Å². The maximum Gasteiger partial charge on any atom is 0.222 e. The lowest BCUT2D eigenvalue weighted by molar-refractivity contribution is -0.135. The number of carbonyl (C=O) groups excluding carboxylic acids is 1. The van der Waals surface area contributed by atoms with E-state index in [1.165, 1.54) is 0 Å². The Morgan fingerprint density at radius 3 is 2.64 bits per heavy atom. The van der Waals surface area contributed by atoms with Gasteiger partial charge in [0.2, 0.25) is 15.9 Å². The molecule has 8 heteroatoms. The summed E-state index contributed by atoms with van der Waals surface area (Å²) in [6.45, 7) is 0. The van der Waals surface area contributed by atoms with Crippen molar-refractivity contribution in [1.29, 1.82) is 0 Å². The molecule has 1 saturated carbocycles. The Hall–Kier alpha value is -1.41. The first-order chi connectivity index (χ1) is 10.4. The number of likely N-dealkylation sites (N-methyl/N-ethyl adjacent to an activating group) is 1. The van der Waals surface area contributed by atoms with Gasteiger partial charge in [0, 0.05) is 32.8 Å². The third-order valence-corrected chi connectivity index (χ3v) is 6.08. The molecule has 1 aliphatic heterocycles. The molecule has 22 heavy (non-hydrogen) atoms. The average Bonchev–Trinajstić information content (AvgIpc) is 3.14. The number of nitrogens with one attached hydrogen (secondary N) is 1. The minimum atomic E-state index is -3.31. The third-order valence-electron chi connectivity index (χ3n) is 4.51. The van der Waals surface area contributed by atoms with Crippen LogP contribution in [0.25, 0.3) is 0 Å². The van der Waals surface area contributed by atoms with Crippen LogP contribution in [0.4, 0.5) is 0 Å². The Morgan fingerprint density at radius 2 is 2.05 bits per heavy atom. The van der Waals surface area contributed by atoms with Crippen LogP contribution in [0.3, 0.4) is 0 Å². The maximum atomic E-state index is 12.3. The van der Waals surface area contributed by atoms with Crippen LogP contribution >= 0.6 is 0 Å². The highest BCUT2D eigenvalue weighted by Gasteiger charge is 2.39. The lowest BCUT2D eigenvalue weighted by atomic mass is 9.94. The number of aryl methyl sites for hydroxylation is 1. The van der Waals surface area contributed by atoms with Crippen molar-refractivity contribution in [3.05, 3.63) is 18.0 Å². The number of rotatable bonds is 5. The molecule has 1 aliphatic carbocycles. The van der Waals surface area contributed by atoms with Crippen LogP contribution in [0.1, 0.15) is 37.4 Å². The van der Waals surface area contributed by atoms with Crippen molar-refractivity contribution in [1.82, 2.24) is 19.4 Å². The Kier molecular flexibility index (Phi) is 3.98. The van der Waals surface area contributed by atoms with Crippen LogP contribution in [0.2, 0.25) is 0 Å². The SMILES string of the molecule is CN1C(=O)CC[C@@H](NS(=O)(=O)CC2CC2)[C@@H]1c1ccnn1C. The summed E-state index contributed by atoms with van der Waals surface area (Å²) in [5.41, 5.74) is 0.842. The fourth-order valence-corrected chi connectivity index (χ4v) is 4.87. The van der Waals surface area contributed by atoms with Gasteiger partial charge in [-0.25, -0.2) is 13.1 Å². The molecule has 1 aromatic rings. The molecule has 0 radical (unpaired) electrons. The van der Waals surface area contributed by atoms with Crippen LogP contribution in [0.5, 0.6) is 0 Å². The third kappa shape index (κ3) is 3.17. The molecule has 2 heterocycles. The smallest absolute Gasteiger partial charge is 0.222 e. The fourth-order valence-electron chi connectivity index (χ4n) is 3.11. The summed E-state index contributed by atoms with van der Waals surface area (Å²) in [5, 5.41) is 4.14. The average molecular weight is 326 g/mol. The lowest BCUT2D eigenvalue weighted by Gasteiger charge is -2.39. The van der Waals surface area contributed by atoms with Crippen molar-refractivity contribution in [2.24, 2.45) is 13.0 Å². The first-order valence-electron chi connectivity index (χ1n) is 7.61. The van der Waals surface area contributed by atoms with Gasteiger partial charge in [-0.3, -0.25) is 9.48 Å². The quantitative estimate of drug-likeness (QED) is 0.849. The Labute approximate surface area is 130 Å². The molecule has 0 bridgehead atoms. The van der Waals surface area contributed by atoms with Crippen LogP contribution in [-0.2, 0) is 21.9 Å². The highest BCUT2D eigenvalue weighted by molar-refractivity contribution is 7.89. The largest absolute Gasteiger partial charge is 0.336 e. The minimum absolute atomic E-state index is 0.0313. The highest BCUT2D eigenvalue weighted by Crippen LogP contribution is 2.33. The molecule has 1 N–H and O–H groups in total. The number of hydrogen-bond acceptors (Lipinski definition) is 4. The molecule has 3 rings (SSSR count). The molecule has 7 nitrogen and oxygen atoms in total. The molecule has 0 aromatic carbocycles. The summed E-state index contributed by atoms with van der Waals surface area (Å²) >= 11 is 0. The number of aromatic nitrogens is 2. The molecule has 0 unspecified atom stereocenters. The Morgan fingerprint density at radius 1 is 1.32 bits per heavy atom. The van der Waals surface area contributed by atoms with Gasteiger partial charge in [-0.15, -0.1) is 0 Å². The zero-order valence-corrected chi connectivity index (χ0v) is 13.7. The van der Waals surface area contributed by atoms with E-state index in [4.69, 9.17) is 0 Å². The van der Waals surface area contributed by atoms with E-state index in [2.05, 4.69) is 9.82 Å². The summed E-state index contributed by atoms with van der Waals surface area (Å²) in [5.74, 6) is 0.527. The van der Waals surface area contributed by atoms with Gasteiger partial charge < -0.3 is 4.90 Å². The fraction of sp³-hybridized carbons (Fsp3) is 0.714. The number of sulfonamides is 1. The normalized spacial score (nSPS) is 26.5. The van der Waals surface area contributed by atoms with E-state index in [-0.39, 0.29) is 23.7 Å². The molecular formula is C14H22N4O3S. The Balaban J connectivity index is 1.84. The van der Waals surface area contributed by atoms with Crippen LogP contribution in [-0.4, -0.2) is 47.8 Å². The van der Waals surface area contributed by atoms with Gasteiger partial charge in [0.05, 0.1) is 17.5 Å². The van der Waals surface area contributed by atoms with Crippen LogP contribution < -0.4 is 4.72 Å². The van der Waals surface area contributed by atoms with Crippen molar-refractivity contribution >= 4 is 15.9 Å². The summed E-state index contributed by atoms with van der Waals surface area (Å²) in [4.78, 5) is 13.7. The summed E-state index contributed by atoms with van der Waals surface area (Å²) in [7, 11) is 0.214. The number of hydrogen-bond donors (Lipinski definition) is 1. The molecule has 2 fully saturated rings. The molecule has 1 aromatic heterocycles. The second-order valence-electron chi connectivity index (χ2n) is 6.32. The molecular weight excluding hydrogens is 304 g/mol. The number of piperidine rings is 1. The number of nitrogens with zero attached hydrogens (tertiary/aromatic N) is 3. The van der Waals surface area contributed by atoms with Crippen molar-refractivity contribution < 1.29 is 13.2 Å². The molecule has 2 atom stereocenters. The van der Waals surface area contributed by atoms with Gasteiger partial charge in [0.15, 0.2) is 0 Å². The standard InChI is InChI=1S/C14H22N4O3S/c1-17-13(19)6-5-11(14(17)12-7-8-15-18(12)2)16-22(20,21)9-10-3-4-10/h7-8,10-11,14,16H,3-6,9H2,1-2H3/t11-,14-/m1/s1. The van der Waals surface area contributed by atoms with E-state index in [1.807, 2.05) is 6.07 Å². The van der Waals surface area contributed by atoms with E-state index in [0.29, 0.717) is 18.8 Å². The van der Waals surface area contributed by atoms with Crippen molar-refractivity contribution in [3.8, 4) is 0 Å². The van der Waals surface area contributed by atoms with Crippen molar-refractivity contribution in [3.63, 3.8) is 0 Å². The summed E-state index contributed by atoms with van der Waals surface area (Å²) < 4.78 is 29.1. The second-order valence-corrected chi connectivity index (χ2v) is 8.12. The highest BCUT2D eigenvalue weighted by atomic mass is 32.2. The molecule has 1 amide bonds. The van der Waals surface area contributed by atoms with E-state index < -0.39 is 10.0 Å². The predicted molar refractivity (Wildman–Crippen MR) is 81.4 cm³/mol. The summed E-state index contributed by atoms with van der Waals surface area (Å²) in [6, 6.07) is 1.21. The van der Waals surface area contributed by atoms with Gasteiger partial charge in [-0.05, 0) is 31.2 Å². The number of amides is 1. The predicted octanol–water partition coefficient (Wildman–Crippen LogP) is 0.411. The van der Waals surface area contributed by atoms with E-state index in [1.54, 1.807) is 29.9 Å². The molecule has 122 valence electrons. The van der Waals surface area contributed by atoms with E-state index >= 15 is 0 Å². The van der Waals surface area contributed by atoms with Gasteiger partial charge in [-0.2, -0.15) is 5.10 Å². The van der Waals surface area contributed by atoms with Gasteiger partial charge >= 0.3 is 0 Å². The first kappa shape index (κ1) is 15.5. The Bertz CT molecular complexity index is 665. The van der Waals surface area contributed by atoms with Crippen molar-refractivity contribution in [2.75, 3.05) is 12.8 Å².